The Morgan fingerprint density at radius 1 is 1.50 bits per heavy atom. The predicted octanol–water partition coefficient (Wildman–Crippen LogP) is 0.164. The summed E-state index contributed by atoms with van der Waals surface area (Å²) < 4.78 is 9.89. The Labute approximate surface area is 61.8 Å². The molecule has 0 aliphatic heterocycles. The predicted molar refractivity (Wildman–Crippen MR) is 40.9 cm³/mol. The first-order chi connectivity index (χ1) is 4.81. The zero-order valence-electron chi connectivity index (χ0n) is 6.43. The summed E-state index contributed by atoms with van der Waals surface area (Å²) in [5.41, 5.74) is 6.19. The van der Waals surface area contributed by atoms with Crippen LogP contribution < -0.4 is 5.73 Å². The molecule has 0 aromatic heterocycles. The Balaban J connectivity index is 2.96. The third-order valence-electron chi connectivity index (χ3n) is 1.03. The average molecular weight is 145 g/mol. The lowest BCUT2D eigenvalue weighted by Crippen LogP contribution is -2.10. The molecule has 0 rings (SSSR count). The highest BCUT2D eigenvalue weighted by atomic mass is 16.5. The van der Waals surface area contributed by atoms with Crippen molar-refractivity contribution in [3.05, 3.63) is 12.2 Å². The monoisotopic (exact) mass is 145 g/mol. The molecule has 10 heavy (non-hydrogen) atoms. The number of hydrogen-bond donors (Lipinski definition) is 1. The summed E-state index contributed by atoms with van der Waals surface area (Å²) in [6, 6.07) is 0. The van der Waals surface area contributed by atoms with Gasteiger partial charge in [0, 0.05) is 13.7 Å². The first-order valence-corrected chi connectivity index (χ1v) is 3.24. The molecule has 0 aromatic carbocycles. The summed E-state index contributed by atoms with van der Waals surface area (Å²) in [5, 5.41) is 0. The maximum atomic E-state index is 5.28. The summed E-state index contributed by atoms with van der Waals surface area (Å²) in [6.07, 6.45) is 0. The summed E-state index contributed by atoms with van der Waals surface area (Å²) >= 11 is 0. The van der Waals surface area contributed by atoms with Gasteiger partial charge < -0.3 is 15.2 Å². The zero-order valence-corrected chi connectivity index (χ0v) is 6.43. The number of nitrogens with two attached hydrogens (primary N) is 1. The first kappa shape index (κ1) is 9.62. The zero-order chi connectivity index (χ0) is 7.82. The van der Waals surface area contributed by atoms with Crippen molar-refractivity contribution < 1.29 is 9.47 Å². The van der Waals surface area contributed by atoms with Crippen molar-refractivity contribution >= 4 is 0 Å². The van der Waals surface area contributed by atoms with Gasteiger partial charge in [-0.15, -0.1) is 0 Å². The van der Waals surface area contributed by atoms with Crippen molar-refractivity contribution in [1.29, 1.82) is 0 Å². The van der Waals surface area contributed by atoms with Crippen LogP contribution in [0.15, 0.2) is 12.2 Å². The molecule has 0 aromatic rings. The average Bonchev–Trinajstić information content (AvgIpc) is 1.98. The van der Waals surface area contributed by atoms with Crippen LogP contribution in [0.3, 0.4) is 0 Å². The summed E-state index contributed by atoms with van der Waals surface area (Å²) in [5.74, 6) is 0. The number of hydrogen-bond acceptors (Lipinski definition) is 3. The van der Waals surface area contributed by atoms with E-state index in [1.54, 1.807) is 7.11 Å². The van der Waals surface area contributed by atoms with Gasteiger partial charge >= 0.3 is 0 Å². The normalized spacial score (nSPS) is 9.80. The molecule has 0 fully saturated rings. The van der Waals surface area contributed by atoms with Crippen LogP contribution in [0.5, 0.6) is 0 Å². The lowest BCUT2D eigenvalue weighted by molar-refractivity contribution is 0.0821. The van der Waals surface area contributed by atoms with Gasteiger partial charge in [0.25, 0.3) is 0 Å². The van der Waals surface area contributed by atoms with E-state index in [9.17, 15) is 0 Å². The molecule has 0 aliphatic rings. The first-order valence-electron chi connectivity index (χ1n) is 3.24. The van der Waals surface area contributed by atoms with Crippen LogP contribution in [0.4, 0.5) is 0 Å². The van der Waals surface area contributed by atoms with Crippen molar-refractivity contribution in [3.63, 3.8) is 0 Å². The van der Waals surface area contributed by atoms with Crippen LogP contribution in [-0.2, 0) is 9.47 Å². The second-order valence-corrected chi connectivity index (χ2v) is 2.00. The highest BCUT2D eigenvalue weighted by Crippen LogP contribution is 1.86. The van der Waals surface area contributed by atoms with Gasteiger partial charge in [0.1, 0.15) is 0 Å². The number of rotatable bonds is 6. The Bertz CT molecular complexity index is 93.6. The van der Waals surface area contributed by atoms with Crippen molar-refractivity contribution in [1.82, 2.24) is 0 Å². The molecule has 0 aliphatic carbocycles. The molecule has 0 unspecified atom stereocenters. The van der Waals surface area contributed by atoms with Crippen molar-refractivity contribution in [2.75, 3.05) is 33.5 Å². The molecule has 2 N–H and O–H groups in total. The smallest absolute Gasteiger partial charge is 0.0704 e. The molecule has 3 heteroatoms. The van der Waals surface area contributed by atoms with E-state index >= 15 is 0 Å². The summed E-state index contributed by atoms with van der Waals surface area (Å²) in [6.45, 7) is 5.94. The van der Waals surface area contributed by atoms with E-state index in [-0.39, 0.29) is 0 Å². The Hall–Kier alpha value is -0.380. The fourth-order valence-corrected chi connectivity index (χ4v) is 0.418. The van der Waals surface area contributed by atoms with Gasteiger partial charge in [0.15, 0.2) is 0 Å². The number of ether oxygens (including phenoxy) is 2. The van der Waals surface area contributed by atoms with E-state index < -0.39 is 0 Å². The maximum Gasteiger partial charge on any atom is 0.0704 e. The molecular formula is C7H15NO2. The van der Waals surface area contributed by atoms with Crippen LogP contribution >= 0.6 is 0 Å². The summed E-state index contributed by atoms with van der Waals surface area (Å²) in [7, 11) is 1.64. The van der Waals surface area contributed by atoms with Gasteiger partial charge in [-0.25, -0.2) is 0 Å². The Morgan fingerprint density at radius 3 is 2.70 bits per heavy atom. The third-order valence-corrected chi connectivity index (χ3v) is 1.03. The largest absolute Gasteiger partial charge is 0.382 e. The summed E-state index contributed by atoms with van der Waals surface area (Å²) in [4.78, 5) is 0. The van der Waals surface area contributed by atoms with Crippen LogP contribution in [0.25, 0.3) is 0 Å². The van der Waals surface area contributed by atoms with Crippen LogP contribution in [0.1, 0.15) is 0 Å². The minimum Gasteiger partial charge on any atom is -0.382 e. The topological polar surface area (TPSA) is 44.5 Å². The number of methoxy groups -OCH3 is 1. The van der Waals surface area contributed by atoms with Crippen LogP contribution in [0.2, 0.25) is 0 Å². The quantitative estimate of drug-likeness (QED) is 0.428. The fourth-order valence-electron chi connectivity index (χ4n) is 0.418. The lowest BCUT2D eigenvalue weighted by Gasteiger charge is -2.03. The van der Waals surface area contributed by atoms with E-state index in [4.69, 9.17) is 15.2 Å². The van der Waals surface area contributed by atoms with Gasteiger partial charge in [0.2, 0.25) is 0 Å². The Kier molecular flexibility index (Phi) is 6.48. The van der Waals surface area contributed by atoms with Crippen molar-refractivity contribution in [2.24, 2.45) is 5.73 Å². The highest BCUT2D eigenvalue weighted by molar-refractivity contribution is 4.95. The third kappa shape index (κ3) is 5.75. The Morgan fingerprint density at radius 2 is 2.20 bits per heavy atom. The molecule has 0 amide bonds. The van der Waals surface area contributed by atoms with Crippen LogP contribution in [0, 0.1) is 0 Å². The van der Waals surface area contributed by atoms with E-state index in [0.717, 1.165) is 5.57 Å². The van der Waals surface area contributed by atoms with Gasteiger partial charge in [-0.1, -0.05) is 6.58 Å². The second-order valence-electron chi connectivity index (χ2n) is 2.00. The molecule has 0 spiro atoms. The standard InChI is InChI=1S/C7H15NO2/c1-7(5-8)6-10-4-3-9-2/h1,3-6,8H2,2H3. The maximum absolute atomic E-state index is 5.28. The molecule has 60 valence electrons. The fraction of sp³-hybridized carbons (Fsp3) is 0.714. The van der Waals surface area contributed by atoms with Crippen LogP contribution in [-0.4, -0.2) is 33.5 Å². The molecule has 0 saturated heterocycles. The van der Waals surface area contributed by atoms with Crippen molar-refractivity contribution in [3.8, 4) is 0 Å². The second kappa shape index (κ2) is 6.74. The molecule has 3 nitrogen and oxygen atoms in total. The molecule has 0 heterocycles. The van der Waals surface area contributed by atoms with Gasteiger partial charge in [-0.05, 0) is 5.57 Å². The van der Waals surface area contributed by atoms with E-state index in [1.807, 2.05) is 0 Å². The SMILES string of the molecule is C=C(CN)COCCOC. The highest BCUT2D eigenvalue weighted by Gasteiger charge is 1.89. The molecule has 0 bridgehead atoms. The van der Waals surface area contributed by atoms with Crippen molar-refractivity contribution in [2.45, 2.75) is 0 Å². The van der Waals surface area contributed by atoms with Gasteiger partial charge in [-0.3, -0.25) is 0 Å². The minimum atomic E-state index is 0.493. The van der Waals surface area contributed by atoms with Gasteiger partial charge in [0.05, 0.1) is 19.8 Å². The van der Waals surface area contributed by atoms with Gasteiger partial charge in [-0.2, -0.15) is 0 Å². The molecular weight excluding hydrogens is 130 g/mol. The molecule has 0 atom stereocenters. The molecule has 0 radical (unpaired) electrons. The minimum absolute atomic E-state index is 0.493. The van der Waals surface area contributed by atoms with E-state index in [1.165, 1.54) is 0 Å². The van der Waals surface area contributed by atoms with E-state index in [0.29, 0.717) is 26.4 Å². The lowest BCUT2D eigenvalue weighted by atomic mass is 10.3. The van der Waals surface area contributed by atoms with E-state index in [2.05, 4.69) is 6.58 Å². The molecule has 0 saturated carbocycles.